The largest absolute Gasteiger partial charge is 0.387 e. The van der Waals surface area contributed by atoms with Crippen molar-refractivity contribution in [3.8, 4) is 0 Å². The van der Waals surface area contributed by atoms with E-state index in [0.29, 0.717) is 12.0 Å². The van der Waals surface area contributed by atoms with Crippen molar-refractivity contribution in [2.24, 2.45) is 0 Å². The number of hydrogen-bond donors (Lipinski definition) is 1. The monoisotopic (exact) mass is 297 g/mol. The molecule has 0 unspecified atom stereocenters. The van der Waals surface area contributed by atoms with E-state index in [9.17, 15) is 18.3 Å². The molecule has 0 aromatic heterocycles. The van der Waals surface area contributed by atoms with Gasteiger partial charge in [0.1, 0.15) is 0 Å². The molecule has 1 saturated heterocycles. The number of aliphatic hydroxyl groups is 1. The third kappa shape index (κ3) is 2.77. The molecule has 1 aromatic rings. The van der Waals surface area contributed by atoms with E-state index in [-0.39, 0.29) is 23.8 Å². The Morgan fingerprint density at radius 1 is 1.40 bits per heavy atom. The van der Waals surface area contributed by atoms with Crippen molar-refractivity contribution in [1.29, 1.82) is 0 Å². The highest BCUT2D eigenvalue weighted by Crippen LogP contribution is 2.31. The minimum Gasteiger partial charge on any atom is -0.387 e. The standard InChI is InChI=1S/C14H19NO4S/c1-3-7-14(17)9-15(10-14)20(18,19)13-6-4-5-12(8-13)11(2)16/h4-6,8,17H,3,7,9-10H2,1-2H3. The Morgan fingerprint density at radius 2 is 2.05 bits per heavy atom. The molecule has 20 heavy (non-hydrogen) atoms. The highest BCUT2D eigenvalue weighted by atomic mass is 32.2. The van der Waals surface area contributed by atoms with Crippen molar-refractivity contribution in [3.05, 3.63) is 29.8 Å². The molecule has 1 aromatic carbocycles. The molecule has 0 atom stereocenters. The minimum atomic E-state index is -3.63. The van der Waals surface area contributed by atoms with Gasteiger partial charge in [-0.05, 0) is 25.5 Å². The molecule has 0 radical (unpaired) electrons. The fraction of sp³-hybridized carbons (Fsp3) is 0.500. The topological polar surface area (TPSA) is 74.7 Å². The number of benzene rings is 1. The number of rotatable bonds is 5. The van der Waals surface area contributed by atoms with Crippen LogP contribution in [0.25, 0.3) is 0 Å². The van der Waals surface area contributed by atoms with E-state index in [2.05, 4.69) is 0 Å². The van der Waals surface area contributed by atoms with Crippen LogP contribution < -0.4 is 0 Å². The van der Waals surface area contributed by atoms with E-state index in [0.717, 1.165) is 6.42 Å². The van der Waals surface area contributed by atoms with E-state index in [1.54, 1.807) is 12.1 Å². The van der Waals surface area contributed by atoms with Gasteiger partial charge in [0.15, 0.2) is 5.78 Å². The SMILES string of the molecule is CCCC1(O)CN(S(=O)(=O)c2cccc(C(C)=O)c2)C1. The predicted molar refractivity (Wildman–Crippen MR) is 75.1 cm³/mol. The highest BCUT2D eigenvalue weighted by molar-refractivity contribution is 7.89. The lowest BCUT2D eigenvalue weighted by atomic mass is 9.92. The molecule has 0 spiro atoms. The van der Waals surface area contributed by atoms with Gasteiger partial charge in [0.25, 0.3) is 0 Å². The maximum atomic E-state index is 12.4. The fourth-order valence-electron chi connectivity index (χ4n) is 2.43. The summed E-state index contributed by atoms with van der Waals surface area (Å²) in [6, 6.07) is 6.00. The van der Waals surface area contributed by atoms with Crippen LogP contribution in [-0.4, -0.2) is 42.3 Å². The number of sulfonamides is 1. The lowest BCUT2D eigenvalue weighted by Gasteiger charge is -2.45. The first-order valence-corrected chi connectivity index (χ1v) is 8.06. The van der Waals surface area contributed by atoms with Gasteiger partial charge in [-0.25, -0.2) is 8.42 Å². The smallest absolute Gasteiger partial charge is 0.243 e. The Hall–Kier alpha value is -1.24. The molecule has 1 N–H and O–H groups in total. The van der Waals surface area contributed by atoms with Gasteiger partial charge >= 0.3 is 0 Å². The highest BCUT2D eigenvalue weighted by Gasteiger charge is 2.46. The van der Waals surface area contributed by atoms with Gasteiger partial charge in [0.2, 0.25) is 10.0 Å². The number of carbonyl (C=O) groups excluding carboxylic acids is 1. The first-order chi connectivity index (χ1) is 9.28. The van der Waals surface area contributed by atoms with Gasteiger partial charge in [-0.15, -0.1) is 0 Å². The zero-order valence-electron chi connectivity index (χ0n) is 11.7. The zero-order chi connectivity index (χ0) is 15.0. The zero-order valence-corrected chi connectivity index (χ0v) is 12.5. The molecule has 110 valence electrons. The van der Waals surface area contributed by atoms with Crippen LogP contribution in [0.5, 0.6) is 0 Å². The van der Waals surface area contributed by atoms with Crippen molar-refractivity contribution in [2.75, 3.05) is 13.1 Å². The molecule has 1 aliphatic rings. The Balaban J connectivity index is 2.21. The summed E-state index contributed by atoms with van der Waals surface area (Å²) in [6.07, 6.45) is 1.40. The molecule has 0 aliphatic carbocycles. The van der Waals surface area contributed by atoms with Crippen LogP contribution in [0.3, 0.4) is 0 Å². The van der Waals surface area contributed by atoms with Crippen LogP contribution in [0, 0.1) is 0 Å². The summed E-state index contributed by atoms with van der Waals surface area (Å²) >= 11 is 0. The Morgan fingerprint density at radius 3 is 2.60 bits per heavy atom. The molecule has 2 rings (SSSR count). The second kappa shape index (κ2) is 5.27. The molecule has 5 nitrogen and oxygen atoms in total. The van der Waals surface area contributed by atoms with Gasteiger partial charge in [-0.3, -0.25) is 4.79 Å². The van der Waals surface area contributed by atoms with Crippen molar-refractivity contribution in [3.63, 3.8) is 0 Å². The first kappa shape index (κ1) is 15.2. The van der Waals surface area contributed by atoms with Gasteiger partial charge in [0.05, 0.1) is 10.5 Å². The maximum absolute atomic E-state index is 12.4. The minimum absolute atomic E-state index is 0.101. The van der Waals surface area contributed by atoms with Crippen LogP contribution in [-0.2, 0) is 10.0 Å². The average Bonchev–Trinajstić information content (AvgIpc) is 2.36. The predicted octanol–water partition coefficient (Wildman–Crippen LogP) is 1.42. The van der Waals surface area contributed by atoms with Gasteiger partial charge in [0, 0.05) is 18.7 Å². The van der Waals surface area contributed by atoms with E-state index >= 15 is 0 Å². The maximum Gasteiger partial charge on any atom is 0.243 e. The van der Waals surface area contributed by atoms with Crippen LogP contribution in [0.1, 0.15) is 37.0 Å². The molecule has 0 bridgehead atoms. The van der Waals surface area contributed by atoms with Gasteiger partial charge in [-0.2, -0.15) is 4.31 Å². The first-order valence-electron chi connectivity index (χ1n) is 6.62. The van der Waals surface area contributed by atoms with Crippen LogP contribution in [0.2, 0.25) is 0 Å². The van der Waals surface area contributed by atoms with Crippen molar-refractivity contribution < 1.29 is 18.3 Å². The second-order valence-electron chi connectivity index (χ2n) is 5.33. The normalized spacial score (nSPS) is 18.6. The molecular weight excluding hydrogens is 278 g/mol. The summed E-state index contributed by atoms with van der Waals surface area (Å²) in [5, 5.41) is 10.1. The number of nitrogens with zero attached hydrogens (tertiary/aromatic N) is 1. The fourth-order valence-corrected chi connectivity index (χ4v) is 4.07. The summed E-state index contributed by atoms with van der Waals surface area (Å²) in [4.78, 5) is 11.4. The third-order valence-electron chi connectivity index (χ3n) is 3.54. The molecule has 6 heteroatoms. The van der Waals surface area contributed by atoms with Gasteiger partial charge < -0.3 is 5.11 Å². The van der Waals surface area contributed by atoms with Crippen LogP contribution in [0.4, 0.5) is 0 Å². The Kier molecular flexibility index (Phi) is 4.00. The Labute approximate surface area is 119 Å². The van der Waals surface area contributed by atoms with Crippen molar-refractivity contribution in [2.45, 2.75) is 37.2 Å². The number of hydrogen-bond acceptors (Lipinski definition) is 4. The van der Waals surface area contributed by atoms with Crippen LogP contribution >= 0.6 is 0 Å². The van der Waals surface area contributed by atoms with E-state index in [1.165, 1.54) is 23.4 Å². The molecular formula is C14H19NO4S. The Bertz CT molecular complexity index is 618. The number of β-amino-alcohol motifs (C(OH)–C–C–N with tert-alkyl or cyclic N) is 1. The summed E-state index contributed by atoms with van der Waals surface area (Å²) in [5.41, 5.74) is -0.532. The van der Waals surface area contributed by atoms with E-state index in [1.807, 2.05) is 6.92 Å². The molecule has 1 heterocycles. The molecule has 1 fully saturated rings. The van der Waals surface area contributed by atoms with E-state index in [4.69, 9.17) is 0 Å². The van der Waals surface area contributed by atoms with E-state index < -0.39 is 15.6 Å². The molecule has 1 aliphatic heterocycles. The summed E-state index contributed by atoms with van der Waals surface area (Å²) in [5.74, 6) is -0.173. The second-order valence-corrected chi connectivity index (χ2v) is 7.27. The number of ketones is 1. The number of carbonyl (C=O) groups is 1. The number of Topliss-reactive ketones (excluding diaryl/α,β-unsaturated/α-hetero) is 1. The molecule has 0 saturated carbocycles. The third-order valence-corrected chi connectivity index (χ3v) is 5.32. The lowest BCUT2D eigenvalue weighted by Crippen LogP contribution is -2.63. The van der Waals surface area contributed by atoms with Crippen molar-refractivity contribution in [1.82, 2.24) is 4.31 Å². The summed E-state index contributed by atoms with van der Waals surface area (Å²) < 4.78 is 26.0. The average molecular weight is 297 g/mol. The quantitative estimate of drug-likeness (QED) is 0.834. The molecule has 0 amide bonds. The summed E-state index contributed by atoms with van der Waals surface area (Å²) in [7, 11) is -3.63. The van der Waals surface area contributed by atoms with Gasteiger partial charge in [-0.1, -0.05) is 25.5 Å². The lowest BCUT2D eigenvalue weighted by molar-refractivity contribution is -0.0653. The summed E-state index contributed by atoms with van der Waals surface area (Å²) in [6.45, 7) is 3.59. The van der Waals surface area contributed by atoms with Crippen molar-refractivity contribution >= 4 is 15.8 Å². The van der Waals surface area contributed by atoms with Crippen LogP contribution in [0.15, 0.2) is 29.2 Å².